The molecular formula is C17H24O2. The van der Waals surface area contributed by atoms with Gasteiger partial charge in [-0.15, -0.1) is 0 Å². The van der Waals surface area contributed by atoms with Gasteiger partial charge in [0.15, 0.2) is 0 Å². The molecule has 1 aromatic rings. The average molecular weight is 260 g/mol. The van der Waals surface area contributed by atoms with Crippen LogP contribution in [0.4, 0.5) is 0 Å². The first kappa shape index (κ1) is 14.1. The van der Waals surface area contributed by atoms with E-state index in [4.69, 9.17) is 4.74 Å². The third kappa shape index (κ3) is 3.37. The minimum absolute atomic E-state index is 0.0926. The van der Waals surface area contributed by atoms with Crippen molar-refractivity contribution < 1.29 is 9.53 Å². The Morgan fingerprint density at radius 1 is 1.42 bits per heavy atom. The molecule has 1 aromatic carbocycles. The normalized spacial score (nSPS) is 16.7. The fourth-order valence-corrected chi connectivity index (χ4v) is 2.74. The Balaban J connectivity index is 2.17. The number of carbonyl (C=O) groups is 1. The number of methoxy groups -OCH3 is 1. The van der Waals surface area contributed by atoms with Crippen molar-refractivity contribution in [3.63, 3.8) is 0 Å². The standard InChI is InChI=1S/C17H24O2/c1-3-4-11-16(17(18)19-2)15-10-6-9-14(12-15)13-7-5-8-13/h6,9-10,12-13,16H,3-5,7-8,11H2,1-2H3. The second kappa shape index (κ2) is 6.74. The fourth-order valence-electron chi connectivity index (χ4n) is 2.74. The van der Waals surface area contributed by atoms with Crippen LogP contribution in [0.2, 0.25) is 0 Å². The van der Waals surface area contributed by atoms with Crippen LogP contribution < -0.4 is 0 Å². The molecule has 1 aliphatic rings. The second-order valence-electron chi connectivity index (χ2n) is 5.52. The first-order chi connectivity index (χ1) is 9.26. The molecule has 1 fully saturated rings. The van der Waals surface area contributed by atoms with Crippen LogP contribution in [-0.2, 0) is 9.53 Å². The Hall–Kier alpha value is -1.31. The minimum Gasteiger partial charge on any atom is -0.469 e. The van der Waals surface area contributed by atoms with Gasteiger partial charge in [-0.2, -0.15) is 0 Å². The highest BCUT2D eigenvalue weighted by atomic mass is 16.5. The number of esters is 1. The van der Waals surface area contributed by atoms with Gasteiger partial charge >= 0.3 is 5.97 Å². The molecule has 19 heavy (non-hydrogen) atoms. The number of benzene rings is 1. The summed E-state index contributed by atoms with van der Waals surface area (Å²) in [5.74, 6) is 0.522. The summed E-state index contributed by atoms with van der Waals surface area (Å²) in [5, 5.41) is 0. The van der Waals surface area contributed by atoms with Gasteiger partial charge in [-0.25, -0.2) is 0 Å². The van der Waals surface area contributed by atoms with E-state index in [1.165, 1.54) is 31.9 Å². The van der Waals surface area contributed by atoms with E-state index in [2.05, 4.69) is 31.2 Å². The highest BCUT2D eigenvalue weighted by molar-refractivity contribution is 5.78. The predicted molar refractivity (Wildman–Crippen MR) is 77.3 cm³/mol. The van der Waals surface area contributed by atoms with Gasteiger partial charge in [0.05, 0.1) is 13.0 Å². The van der Waals surface area contributed by atoms with Gasteiger partial charge in [0.2, 0.25) is 0 Å². The molecule has 1 aliphatic carbocycles. The molecule has 0 aliphatic heterocycles. The lowest BCUT2D eigenvalue weighted by Gasteiger charge is -2.26. The van der Waals surface area contributed by atoms with E-state index in [-0.39, 0.29) is 11.9 Å². The van der Waals surface area contributed by atoms with Crippen LogP contribution >= 0.6 is 0 Å². The van der Waals surface area contributed by atoms with Crippen molar-refractivity contribution in [2.24, 2.45) is 0 Å². The van der Waals surface area contributed by atoms with Crippen molar-refractivity contribution >= 4 is 5.97 Å². The van der Waals surface area contributed by atoms with Gasteiger partial charge in [0.1, 0.15) is 0 Å². The number of ether oxygens (including phenoxy) is 1. The maximum absolute atomic E-state index is 12.0. The van der Waals surface area contributed by atoms with E-state index in [0.717, 1.165) is 24.8 Å². The summed E-state index contributed by atoms with van der Waals surface area (Å²) in [6.45, 7) is 2.15. The summed E-state index contributed by atoms with van der Waals surface area (Å²) < 4.78 is 4.97. The quantitative estimate of drug-likeness (QED) is 0.709. The first-order valence-corrected chi connectivity index (χ1v) is 7.44. The molecule has 2 nitrogen and oxygen atoms in total. The molecule has 0 aromatic heterocycles. The molecule has 2 rings (SSSR count). The number of hydrogen-bond donors (Lipinski definition) is 0. The molecule has 104 valence electrons. The zero-order valence-corrected chi connectivity index (χ0v) is 12.0. The first-order valence-electron chi connectivity index (χ1n) is 7.44. The Kier molecular flexibility index (Phi) is 5.00. The highest BCUT2D eigenvalue weighted by Gasteiger charge is 2.24. The van der Waals surface area contributed by atoms with E-state index < -0.39 is 0 Å². The lowest BCUT2D eigenvalue weighted by molar-refractivity contribution is -0.142. The summed E-state index contributed by atoms with van der Waals surface area (Å²) >= 11 is 0. The number of hydrogen-bond acceptors (Lipinski definition) is 2. The molecule has 0 amide bonds. The summed E-state index contributed by atoms with van der Waals surface area (Å²) in [7, 11) is 1.48. The topological polar surface area (TPSA) is 26.3 Å². The SMILES string of the molecule is CCCCC(C(=O)OC)c1cccc(C2CCC2)c1. The lowest BCUT2D eigenvalue weighted by Crippen LogP contribution is -2.15. The Morgan fingerprint density at radius 3 is 2.79 bits per heavy atom. The zero-order valence-electron chi connectivity index (χ0n) is 12.0. The molecule has 0 saturated heterocycles. The monoisotopic (exact) mass is 260 g/mol. The van der Waals surface area contributed by atoms with Crippen LogP contribution in [0.15, 0.2) is 24.3 Å². The molecule has 0 radical (unpaired) electrons. The average Bonchev–Trinajstić information content (AvgIpc) is 2.37. The summed E-state index contributed by atoms with van der Waals surface area (Å²) in [6.07, 6.45) is 6.98. The van der Waals surface area contributed by atoms with Crippen molar-refractivity contribution in [3.05, 3.63) is 35.4 Å². The van der Waals surface area contributed by atoms with Gasteiger partial charge in [-0.05, 0) is 36.3 Å². The molecular weight excluding hydrogens is 236 g/mol. The van der Waals surface area contributed by atoms with Crippen molar-refractivity contribution in [2.45, 2.75) is 57.3 Å². The fraction of sp³-hybridized carbons (Fsp3) is 0.588. The van der Waals surface area contributed by atoms with Crippen LogP contribution in [0.1, 0.15) is 68.4 Å². The minimum atomic E-state index is -0.0980. The van der Waals surface area contributed by atoms with E-state index in [0.29, 0.717) is 5.92 Å². The molecule has 0 bridgehead atoms. The number of unbranched alkanes of at least 4 members (excludes halogenated alkanes) is 1. The molecule has 0 spiro atoms. The van der Waals surface area contributed by atoms with Gasteiger partial charge in [-0.3, -0.25) is 4.79 Å². The molecule has 1 saturated carbocycles. The van der Waals surface area contributed by atoms with Crippen LogP contribution in [0.25, 0.3) is 0 Å². The molecule has 0 N–H and O–H groups in total. The van der Waals surface area contributed by atoms with Gasteiger partial charge in [0.25, 0.3) is 0 Å². The van der Waals surface area contributed by atoms with Crippen LogP contribution in [0, 0.1) is 0 Å². The Bertz CT molecular complexity index is 421. The van der Waals surface area contributed by atoms with Crippen LogP contribution in [-0.4, -0.2) is 13.1 Å². The van der Waals surface area contributed by atoms with Gasteiger partial charge in [-0.1, -0.05) is 50.5 Å². The molecule has 2 heteroatoms. The van der Waals surface area contributed by atoms with Crippen molar-refractivity contribution in [1.29, 1.82) is 0 Å². The van der Waals surface area contributed by atoms with E-state index >= 15 is 0 Å². The number of rotatable bonds is 6. The van der Waals surface area contributed by atoms with Crippen molar-refractivity contribution in [1.82, 2.24) is 0 Å². The lowest BCUT2D eigenvalue weighted by atomic mass is 9.79. The summed E-state index contributed by atoms with van der Waals surface area (Å²) in [6, 6.07) is 8.58. The molecule has 1 unspecified atom stereocenters. The zero-order chi connectivity index (χ0) is 13.7. The smallest absolute Gasteiger partial charge is 0.313 e. The second-order valence-corrected chi connectivity index (χ2v) is 5.52. The third-order valence-electron chi connectivity index (χ3n) is 4.22. The number of carbonyl (C=O) groups excluding carboxylic acids is 1. The van der Waals surface area contributed by atoms with Crippen LogP contribution in [0.5, 0.6) is 0 Å². The van der Waals surface area contributed by atoms with Gasteiger partial charge < -0.3 is 4.74 Å². The van der Waals surface area contributed by atoms with E-state index in [1.54, 1.807) is 0 Å². The third-order valence-corrected chi connectivity index (χ3v) is 4.22. The summed E-state index contributed by atoms with van der Waals surface area (Å²) in [5.41, 5.74) is 2.53. The van der Waals surface area contributed by atoms with E-state index in [9.17, 15) is 4.79 Å². The van der Waals surface area contributed by atoms with Crippen molar-refractivity contribution in [2.75, 3.05) is 7.11 Å². The van der Waals surface area contributed by atoms with Gasteiger partial charge in [0, 0.05) is 0 Å². The largest absolute Gasteiger partial charge is 0.469 e. The van der Waals surface area contributed by atoms with Crippen LogP contribution in [0.3, 0.4) is 0 Å². The van der Waals surface area contributed by atoms with Crippen molar-refractivity contribution in [3.8, 4) is 0 Å². The highest BCUT2D eigenvalue weighted by Crippen LogP contribution is 2.37. The predicted octanol–water partition coefficient (Wildman–Crippen LogP) is 4.40. The molecule has 1 atom stereocenters. The Labute approximate surface area is 116 Å². The summed E-state index contributed by atoms with van der Waals surface area (Å²) in [4.78, 5) is 12.0. The maximum atomic E-state index is 12.0. The van der Waals surface area contributed by atoms with E-state index in [1.807, 2.05) is 0 Å². The maximum Gasteiger partial charge on any atom is 0.313 e. The Morgan fingerprint density at radius 2 is 2.21 bits per heavy atom. The molecule has 0 heterocycles.